The molecule has 4 N–H and O–H groups in total. The van der Waals surface area contributed by atoms with Crippen LogP contribution in [0.4, 0.5) is 8.78 Å². The largest absolute Gasteiger partial charge is 0.375 e. The topological polar surface area (TPSA) is 78.3 Å². The number of carbonyl (C=O) groups excluding carboxylic acids is 1. The monoisotopic (exact) mass is 258 g/mol. The number of benzene rings is 1. The zero-order valence-electron chi connectivity index (χ0n) is 9.81. The van der Waals surface area contributed by atoms with E-state index in [0.717, 1.165) is 0 Å². The summed E-state index contributed by atoms with van der Waals surface area (Å²) in [5, 5.41) is 0. The molecule has 0 spiro atoms. The summed E-state index contributed by atoms with van der Waals surface area (Å²) in [6, 6.07) is 8.55. The van der Waals surface area contributed by atoms with Crippen LogP contribution in [0.15, 0.2) is 30.3 Å². The van der Waals surface area contributed by atoms with Crippen molar-refractivity contribution >= 4 is 5.91 Å². The van der Waals surface area contributed by atoms with Gasteiger partial charge in [0.25, 0.3) is 6.43 Å². The standard InChI is InChI=1S/C12H16F2N2O2/c13-10(14)8-18-7-6-12(16,11(15)17)9-4-2-1-3-5-9/h1-5,10H,6-8,16H2,(H2,15,17). The maximum absolute atomic E-state index is 11.9. The molecule has 0 heterocycles. The van der Waals surface area contributed by atoms with Crippen molar-refractivity contribution in [3.8, 4) is 0 Å². The first-order valence-corrected chi connectivity index (χ1v) is 5.47. The van der Waals surface area contributed by atoms with Crippen LogP contribution < -0.4 is 11.5 Å². The number of primary amides is 1. The minimum absolute atomic E-state index is 0.0546. The lowest BCUT2D eigenvalue weighted by Crippen LogP contribution is -2.49. The van der Waals surface area contributed by atoms with Gasteiger partial charge < -0.3 is 16.2 Å². The zero-order chi connectivity index (χ0) is 13.6. The highest BCUT2D eigenvalue weighted by molar-refractivity contribution is 5.85. The number of hydrogen-bond acceptors (Lipinski definition) is 3. The van der Waals surface area contributed by atoms with Crippen molar-refractivity contribution in [3.05, 3.63) is 35.9 Å². The second-order valence-electron chi connectivity index (χ2n) is 3.92. The Balaban J connectivity index is 2.67. The molecule has 0 saturated carbocycles. The molecule has 6 heteroatoms. The molecule has 0 aliphatic carbocycles. The minimum Gasteiger partial charge on any atom is -0.375 e. The highest BCUT2D eigenvalue weighted by atomic mass is 19.3. The van der Waals surface area contributed by atoms with Gasteiger partial charge in [-0.05, 0) is 5.56 Å². The molecule has 0 fully saturated rings. The van der Waals surface area contributed by atoms with E-state index in [4.69, 9.17) is 16.2 Å². The van der Waals surface area contributed by atoms with Gasteiger partial charge in [-0.3, -0.25) is 4.79 Å². The summed E-state index contributed by atoms with van der Waals surface area (Å²) in [5.41, 5.74) is 10.4. The van der Waals surface area contributed by atoms with Crippen LogP contribution in [0.5, 0.6) is 0 Å². The van der Waals surface area contributed by atoms with Gasteiger partial charge in [0.05, 0.1) is 0 Å². The predicted molar refractivity (Wildman–Crippen MR) is 62.9 cm³/mol. The van der Waals surface area contributed by atoms with Crippen LogP contribution in [-0.4, -0.2) is 25.5 Å². The predicted octanol–water partition coefficient (Wildman–Crippen LogP) is 0.998. The van der Waals surface area contributed by atoms with Crippen LogP contribution in [0.3, 0.4) is 0 Å². The fourth-order valence-corrected chi connectivity index (χ4v) is 1.55. The Morgan fingerprint density at radius 2 is 1.94 bits per heavy atom. The van der Waals surface area contributed by atoms with Gasteiger partial charge >= 0.3 is 0 Å². The maximum Gasteiger partial charge on any atom is 0.261 e. The SMILES string of the molecule is NC(=O)C(N)(CCOCC(F)F)c1ccccc1. The molecular formula is C12H16F2N2O2. The molecule has 0 saturated heterocycles. The fraction of sp³-hybridized carbons (Fsp3) is 0.417. The molecule has 0 bridgehead atoms. The van der Waals surface area contributed by atoms with Crippen LogP contribution in [0.25, 0.3) is 0 Å². The van der Waals surface area contributed by atoms with Crippen LogP contribution in [-0.2, 0) is 15.1 Å². The van der Waals surface area contributed by atoms with Gasteiger partial charge in [0.15, 0.2) is 0 Å². The average molecular weight is 258 g/mol. The van der Waals surface area contributed by atoms with Gasteiger partial charge in [-0.15, -0.1) is 0 Å². The van der Waals surface area contributed by atoms with Crippen molar-refractivity contribution in [2.45, 2.75) is 18.4 Å². The van der Waals surface area contributed by atoms with Crippen LogP contribution in [0.1, 0.15) is 12.0 Å². The fourth-order valence-electron chi connectivity index (χ4n) is 1.55. The van der Waals surface area contributed by atoms with Gasteiger partial charge in [0, 0.05) is 13.0 Å². The number of halogens is 2. The van der Waals surface area contributed by atoms with E-state index in [9.17, 15) is 13.6 Å². The Bertz CT molecular complexity index is 387. The van der Waals surface area contributed by atoms with Crippen molar-refractivity contribution in [1.82, 2.24) is 0 Å². The van der Waals surface area contributed by atoms with Crippen molar-refractivity contribution in [2.24, 2.45) is 11.5 Å². The summed E-state index contributed by atoms with van der Waals surface area (Å²) in [7, 11) is 0. The molecule has 0 aliphatic rings. The van der Waals surface area contributed by atoms with E-state index in [2.05, 4.69) is 0 Å². The van der Waals surface area contributed by atoms with Crippen molar-refractivity contribution < 1.29 is 18.3 Å². The summed E-state index contributed by atoms with van der Waals surface area (Å²) in [6.07, 6.45) is -2.48. The first kappa shape index (κ1) is 14.5. The van der Waals surface area contributed by atoms with E-state index in [-0.39, 0.29) is 13.0 Å². The number of hydrogen-bond donors (Lipinski definition) is 2. The molecule has 100 valence electrons. The molecule has 1 amide bonds. The Hall–Kier alpha value is -1.53. The Morgan fingerprint density at radius 1 is 1.33 bits per heavy atom. The number of ether oxygens (including phenoxy) is 1. The smallest absolute Gasteiger partial charge is 0.261 e. The highest BCUT2D eigenvalue weighted by Crippen LogP contribution is 2.21. The van der Waals surface area contributed by atoms with E-state index in [1.54, 1.807) is 30.3 Å². The number of amides is 1. The third-order valence-electron chi connectivity index (χ3n) is 2.61. The third-order valence-corrected chi connectivity index (χ3v) is 2.61. The van der Waals surface area contributed by atoms with Gasteiger partial charge in [-0.1, -0.05) is 30.3 Å². The van der Waals surface area contributed by atoms with Crippen molar-refractivity contribution in [1.29, 1.82) is 0 Å². The number of carbonyl (C=O) groups is 1. The van der Waals surface area contributed by atoms with E-state index < -0.39 is 24.5 Å². The Morgan fingerprint density at radius 3 is 2.44 bits per heavy atom. The van der Waals surface area contributed by atoms with Crippen LogP contribution in [0, 0.1) is 0 Å². The third kappa shape index (κ3) is 3.75. The molecule has 4 nitrogen and oxygen atoms in total. The molecule has 18 heavy (non-hydrogen) atoms. The normalized spacial score (nSPS) is 14.4. The summed E-state index contributed by atoms with van der Waals surface area (Å²) in [5.74, 6) is -0.714. The van der Waals surface area contributed by atoms with E-state index in [1.165, 1.54) is 0 Å². The van der Waals surface area contributed by atoms with Gasteiger partial charge in [-0.2, -0.15) is 0 Å². The molecular weight excluding hydrogens is 242 g/mol. The Kier molecular flexibility index (Phi) is 5.18. The number of rotatable bonds is 7. The number of alkyl halides is 2. The lowest BCUT2D eigenvalue weighted by Gasteiger charge is -2.26. The quantitative estimate of drug-likeness (QED) is 0.716. The minimum atomic E-state index is -2.54. The van der Waals surface area contributed by atoms with Gasteiger partial charge in [-0.25, -0.2) is 8.78 Å². The van der Waals surface area contributed by atoms with E-state index in [1.807, 2.05) is 0 Å². The molecule has 0 radical (unpaired) electrons. The van der Waals surface area contributed by atoms with Crippen LogP contribution in [0.2, 0.25) is 0 Å². The maximum atomic E-state index is 11.9. The van der Waals surface area contributed by atoms with E-state index in [0.29, 0.717) is 5.56 Å². The molecule has 0 aromatic heterocycles. The summed E-state index contributed by atoms with van der Waals surface area (Å²) >= 11 is 0. The molecule has 1 rings (SSSR count). The van der Waals surface area contributed by atoms with E-state index >= 15 is 0 Å². The summed E-state index contributed by atoms with van der Waals surface area (Å²) in [4.78, 5) is 11.4. The van der Waals surface area contributed by atoms with Gasteiger partial charge in [0.1, 0.15) is 12.1 Å². The average Bonchev–Trinajstić information content (AvgIpc) is 2.35. The first-order chi connectivity index (χ1) is 8.47. The molecule has 1 atom stereocenters. The highest BCUT2D eigenvalue weighted by Gasteiger charge is 2.33. The van der Waals surface area contributed by atoms with Crippen molar-refractivity contribution in [2.75, 3.05) is 13.2 Å². The second-order valence-corrected chi connectivity index (χ2v) is 3.92. The lowest BCUT2D eigenvalue weighted by molar-refractivity contribution is -0.124. The molecule has 1 aromatic rings. The summed E-state index contributed by atoms with van der Waals surface area (Å²) in [6.45, 7) is -0.734. The van der Waals surface area contributed by atoms with Crippen molar-refractivity contribution in [3.63, 3.8) is 0 Å². The molecule has 1 unspecified atom stereocenters. The second kappa shape index (κ2) is 6.42. The molecule has 1 aromatic carbocycles. The molecule has 0 aliphatic heterocycles. The first-order valence-electron chi connectivity index (χ1n) is 5.47. The number of nitrogens with two attached hydrogens (primary N) is 2. The lowest BCUT2D eigenvalue weighted by atomic mass is 9.87. The van der Waals surface area contributed by atoms with Crippen LogP contribution >= 0.6 is 0 Å². The Labute approximate surface area is 104 Å². The van der Waals surface area contributed by atoms with Gasteiger partial charge in [0.2, 0.25) is 5.91 Å². The summed E-state index contributed by atoms with van der Waals surface area (Å²) < 4.78 is 28.5. The zero-order valence-corrected chi connectivity index (χ0v) is 9.81.